The summed E-state index contributed by atoms with van der Waals surface area (Å²) in [4.78, 5) is 24.3. The lowest BCUT2D eigenvalue weighted by Crippen LogP contribution is -2.44. The number of nitrogens with two attached hydrogens (primary N) is 1. The van der Waals surface area contributed by atoms with Crippen LogP contribution in [0.4, 0.5) is 11.8 Å². The molecule has 5 N–H and O–H groups in total. The van der Waals surface area contributed by atoms with Crippen molar-refractivity contribution in [2.75, 3.05) is 23.7 Å². The first-order valence-electron chi connectivity index (χ1n) is 7.89. The second-order valence-corrected chi connectivity index (χ2v) is 6.40. The van der Waals surface area contributed by atoms with Gasteiger partial charge in [0, 0.05) is 19.1 Å². The van der Waals surface area contributed by atoms with Crippen molar-refractivity contribution in [3.8, 4) is 0 Å². The highest BCUT2D eigenvalue weighted by Crippen LogP contribution is 2.29. The topological polar surface area (TPSA) is 129 Å². The molecule has 130 valence electrons. The van der Waals surface area contributed by atoms with Crippen LogP contribution in [0.5, 0.6) is 0 Å². The van der Waals surface area contributed by atoms with Gasteiger partial charge in [0.25, 0.3) is 0 Å². The fraction of sp³-hybridized carbons (Fsp3) is 0.571. The summed E-state index contributed by atoms with van der Waals surface area (Å²) >= 11 is 6.32. The van der Waals surface area contributed by atoms with Crippen LogP contribution in [0, 0.1) is 6.92 Å². The summed E-state index contributed by atoms with van der Waals surface area (Å²) in [5, 5.41) is 10.4. The van der Waals surface area contributed by atoms with Gasteiger partial charge < -0.3 is 16.0 Å². The van der Waals surface area contributed by atoms with Gasteiger partial charge in [0.2, 0.25) is 5.95 Å². The summed E-state index contributed by atoms with van der Waals surface area (Å²) in [6.07, 6.45) is 1.86. The summed E-state index contributed by atoms with van der Waals surface area (Å²) in [5.41, 5.74) is 6.13. The molecule has 0 saturated carbocycles. The maximum atomic E-state index is 11.1. The van der Waals surface area contributed by atoms with Crippen molar-refractivity contribution in [3.05, 3.63) is 27.0 Å². The van der Waals surface area contributed by atoms with E-state index in [1.165, 1.54) is 0 Å². The molecule has 1 aliphatic heterocycles. The van der Waals surface area contributed by atoms with Crippen molar-refractivity contribution < 1.29 is 0 Å². The van der Waals surface area contributed by atoms with E-state index in [0.717, 1.165) is 25.9 Å². The van der Waals surface area contributed by atoms with Crippen LogP contribution in [0.3, 0.4) is 0 Å². The highest BCUT2D eigenvalue weighted by Gasteiger charge is 2.24. The van der Waals surface area contributed by atoms with E-state index in [2.05, 4.69) is 35.4 Å². The van der Waals surface area contributed by atoms with Crippen LogP contribution in [0.1, 0.15) is 37.3 Å². The van der Waals surface area contributed by atoms with Gasteiger partial charge in [0.1, 0.15) is 10.8 Å². The number of nitrogen functional groups attached to an aromatic ring is 1. The Morgan fingerprint density at radius 2 is 2.08 bits per heavy atom. The zero-order valence-electron chi connectivity index (χ0n) is 13.6. The third-order valence-electron chi connectivity index (χ3n) is 4.23. The Morgan fingerprint density at radius 1 is 1.38 bits per heavy atom. The lowest BCUT2D eigenvalue weighted by atomic mass is 10.0. The Kier molecular flexibility index (Phi) is 4.72. The second-order valence-electron chi connectivity index (χ2n) is 6.02. The maximum Gasteiger partial charge on any atom is 0.340 e. The predicted molar refractivity (Wildman–Crippen MR) is 92.2 cm³/mol. The number of anilines is 2. The van der Waals surface area contributed by atoms with E-state index in [1.807, 2.05) is 13.8 Å². The summed E-state index contributed by atoms with van der Waals surface area (Å²) < 4.78 is 0. The fourth-order valence-corrected chi connectivity index (χ4v) is 3.16. The molecule has 10 heteroatoms. The van der Waals surface area contributed by atoms with Crippen LogP contribution < -0.4 is 21.6 Å². The van der Waals surface area contributed by atoms with Gasteiger partial charge in [0.15, 0.2) is 5.82 Å². The van der Waals surface area contributed by atoms with E-state index in [-0.39, 0.29) is 17.7 Å². The van der Waals surface area contributed by atoms with Crippen LogP contribution in [0.25, 0.3) is 0 Å². The van der Waals surface area contributed by atoms with Gasteiger partial charge in [0.05, 0.1) is 11.7 Å². The van der Waals surface area contributed by atoms with E-state index < -0.39 is 0 Å². The van der Waals surface area contributed by atoms with Crippen molar-refractivity contribution in [2.45, 2.75) is 38.8 Å². The average molecular weight is 353 g/mol. The molecular formula is C14H21ClN8O. The lowest BCUT2D eigenvalue weighted by molar-refractivity contribution is 0.373. The molecule has 0 amide bonds. The van der Waals surface area contributed by atoms with Crippen LogP contribution in [0.2, 0.25) is 5.02 Å². The number of nitrogens with one attached hydrogen (secondary N) is 3. The largest absolute Gasteiger partial charge is 0.368 e. The van der Waals surface area contributed by atoms with E-state index in [9.17, 15) is 4.79 Å². The fourth-order valence-electron chi connectivity index (χ4n) is 2.95. The van der Waals surface area contributed by atoms with E-state index in [4.69, 9.17) is 17.3 Å². The minimum atomic E-state index is -0.292. The molecular weight excluding hydrogens is 332 g/mol. The molecule has 0 bridgehead atoms. The number of H-pyrrole nitrogens is 2. The number of aromatic nitrogens is 5. The molecule has 0 aliphatic carbocycles. The van der Waals surface area contributed by atoms with Crippen LogP contribution in [-0.2, 0) is 0 Å². The van der Waals surface area contributed by atoms with Crippen molar-refractivity contribution in [1.82, 2.24) is 30.5 Å². The number of halogens is 1. The molecule has 24 heavy (non-hydrogen) atoms. The van der Waals surface area contributed by atoms with Gasteiger partial charge in [-0.1, -0.05) is 11.6 Å². The highest BCUT2D eigenvalue weighted by molar-refractivity contribution is 6.33. The Labute approximate surface area is 144 Å². The lowest BCUT2D eigenvalue weighted by Gasteiger charge is -2.34. The number of piperidine rings is 1. The molecule has 1 fully saturated rings. The SMILES string of the molecule is Cc1nc(N)nc(N2CCC(N[C@@H](C)c3n[nH]c(=O)[nH]3)CC2)c1Cl. The van der Waals surface area contributed by atoms with E-state index in [1.54, 1.807) is 0 Å². The molecule has 2 aromatic rings. The molecule has 3 rings (SSSR count). The van der Waals surface area contributed by atoms with Gasteiger partial charge in [-0.05, 0) is 26.7 Å². The first-order chi connectivity index (χ1) is 11.4. The highest BCUT2D eigenvalue weighted by atomic mass is 35.5. The Morgan fingerprint density at radius 3 is 2.71 bits per heavy atom. The molecule has 0 aromatic carbocycles. The number of hydrogen-bond donors (Lipinski definition) is 4. The first kappa shape index (κ1) is 16.7. The quantitative estimate of drug-likeness (QED) is 0.639. The average Bonchev–Trinajstić information content (AvgIpc) is 2.98. The van der Waals surface area contributed by atoms with Gasteiger partial charge in [-0.3, -0.25) is 4.98 Å². The summed E-state index contributed by atoms with van der Waals surface area (Å²) in [5.74, 6) is 1.55. The van der Waals surface area contributed by atoms with Gasteiger partial charge in [-0.25, -0.2) is 14.9 Å². The molecule has 2 aromatic heterocycles. The van der Waals surface area contributed by atoms with E-state index >= 15 is 0 Å². The maximum absolute atomic E-state index is 11.1. The van der Waals surface area contributed by atoms with Crippen molar-refractivity contribution in [2.24, 2.45) is 0 Å². The monoisotopic (exact) mass is 352 g/mol. The summed E-state index contributed by atoms with van der Waals surface area (Å²) in [7, 11) is 0. The normalized spacial score (nSPS) is 17.2. The number of aromatic amines is 2. The zero-order valence-corrected chi connectivity index (χ0v) is 14.4. The molecule has 9 nitrogen and oxygen atoms in total. The van der Waals surface area contributed by atoms with Crippen LogP contribution in [0.15, 0.2) is 4.79 Å². The number of aryl methyl sites for hydroxylation is 1. The molecule has 0 unspecified atom stereocenters. The predicted octanol–water partition coefficient (Wildman–Crippen LogP) is 0.752. The summed E-state index contributed by atoms with van der Waals surface area (Å²) in [6, 6.07) is 0.302. The molecule has 1 atom stereocenters. The van der Waals surface area contributed by atoms with Crippen LogP contribution in [-0.4, -0.2) is 44.3 Å². The standard InChI is InChI=1S/C14H21ClN8O/c1-7-10(15)12(20-13(16)18-7)23-5-3-9(4-6-23)17-8(2)11-19-14(24)22-21-11/h8-9,17H,3-6H2,1-2H3,(H2,16,18,20)(H2,19,21,22,24)/t8-/m0/s1. The Bertz CT molecular complexity index is 764. The smallest absolute Gasteiger partial charge is 0.340 e. The Hall–Kier alpha value is -2.13. The number of nitrogens with zero attached hydrogens (tertiary/aromatic N) is 4. The van der Waals surface area contributed by atoms with Crippen LogP contribution >= 0.6 is 11.6 Å². The molecule has 3 heterocycles. The molecule has 1 saturated heterocycles. The third kappa shape index (κ3) is 3.51. The van der Waals surface area contributed by atoms with Crippen molar-refractivity contribution in [1.29, 1.82) is 0 Å². The summed E-state index contributed by atoms with van der Waals surface area (Å²) in [6.45, 7) is 5.43. The number of rotatable bonds is 4. The molecule has 0 radical (unpaired) electrons. The minimum Gasteiger partial charge on any atom is -0.368 e. The number of hydrogen-bond acceptors (Lipinski definition) is 7. The minimum absolute atomic E-state index is 0.0268. The zero-order chi connectivity index (χ0) is 17.3. The Balaban J connectivity index is 1.61. The first-order valence-corrected chi connectivity index (χ1v) is 8.27. The van der Waals surface area contributed by atoms with Gasteiger partial charge in [-0.2, -0.15) is 10.1 Å². The van der Waals surface area contributed by atoms with Crippen molar-refractivity contribution in [3.63, 3.8) is 0 Å². The third-order valence-corrected chi connectivity index (χ3v) is 4.67. The van der Waals surface area contributed by atoms with Gasteiger partial charge in [-0.15, -0.1) is 0 Å². The van der Waals surface area contributed by atoms with E-state index in [0.29, 0.717) is 28.4 Å². The molecule has 1 aliphatic rings. The molecule has 0 spiro atoms. The van der Waals surface area contributed by atoms with Crippen molar-refractivity contribution >= 4 is 23.4 Å². The second kappa shape index (κ2) is 6.78. The van der Waals surface area contributed by atoms with Gasteiger partial charge >= 0.3 is 5.69 Å².